The van der Waals surface area contributed by atoms with Gasteiger partial charge >= 0.3 is 5.97 Å². The topological polar surface area (TPSA) is 48.4 Å². The van der Waals surface area contributed by atoms with Crippen molar-refractivity contribution in [2.75, 3.05) is 14.2 Å². The van der Waals surface area contributed by atoms with E-state index in [-0.39, 0.29) is 0 Å². The first-order valence-electron chi connectivity index (χ1n) is 4.76. The van der Waals surface area contributed by atoms with E-state index in [2.05, 4.69) is 20.9 Å². The van der Waals surface area contributed by atoms with E-state index in [0.29, 0.717) is 6.42 Å². The molecule has 5 heteroatoms. The van der Waals surface area contributed by atoms with Gasteiger partial charge in [0.1, 0.15) is 4.60 Å². The molecule has 0 aromatic carbocycles. The maximum atomic E-state index is 11.6. The van der Waals surface area contributed by atoms with Gasteiger partial charge in [0.15, 0.2) is 5.60 Å². The molecule has 0 aliphatic rings. The smallest absolute Gasteiger partial charge is 0.338 e. The van der Waals surface area contributed by atoms with Crippen LogP contribution < -0.4 is 0 Å². The normalized spacial score (nSPS) is 14.2. The third-order valence-corrected chi connectivity index (χ3v) is 2.87. The molecule has 0 aliphatic heterocycles. The molecule has 1 aromatic heterocycles. The molecular formula is C11H14BrNO3. The van der Waals surface area contributed by atoms with E-state index < -0.39 is 11.6 Å². The molecule has 1 unspecified atom stereocenters. The molecule has 0 fully saturated rings. The van der Waals surface area contributed by atoms with Crippen molar-refractivity contribution < 1.29 is 14.3 Å². The van der Waals surface area contributed by atoms with Crippen LogP contribution in [0, 0.1) is 0 Å². The van der Waals surface area contributed by atoms with E-state index >= 15 is 0 Å². The Morgan fingerprint density at radius 1 is 1.50 bits per heavy atom. The first-order chi connectivity index (χ1) is 7.51. The molecule has 0 amide bonds. The van der Waals surface area contributed by atoms with E-state index in [1.165, 1.54) is 14.2 Å². The van der Waals surface area contributed by atoms with Gasteiger partial charge in [-0.25, -0.2) is 9.78 Å². The summed E-state index contributed by atoms with van der Waals surface area (Å²) in [6.45, 7) is 1.70. The average Bonchev–Trinajstić information content (AvgIpc) is 2.31. The highest BCUT2D eigenvalue weighted by molar-refractivity contribution is 9.10. The van der Waals surface area contributed by atoms with Crippen molar-refractivity contribution in [1.82, 2.24) is 4.98 Å². The Hall–Kier alpha value is -0.940. The van der Waals surface area contributed by atoms with Gasteiger partial charge in [0.05, 0.1) is 7.11 Å². The van der Waals surface area contributed by atoms with Crippen molar-refractivity contribution >= 4 is 21.9 Å². The number of rotatable bonds is 4. The summed E-state index contributed by atoms with van der Waals surface area (Å²) in [5, 5.41) is 0. The van der Waals surface area contributed by atoms with Gasteiger partial charge in [-0.15, -0.1) is 0 Å². The number of aromatic nitrogens is 1. The standard InChI is InChI=1S/C11H14BrNO3/c1-11(16-3,10(14)15-2)6-8-4-5-9(12)13-7-8/h4-5,7H,6H2,1-3H3. The van der Waals surface area contributed by atoms with Crippen LogP contribution in [0.3, 0.4) is 0 Å². The number of esters is 1. The number of nitrogens with zero attached hydrogens (tertiary/aromatic N) is 1. The Bertz CT molecular complexity index is 366. The van der Waals surface area contributed by atoms with Crippen molar-refractivity contribution in [3.05, 3.63) is 28.5 Å². The fraction of sp³-hybridized carbons (Fsp3) is 0.455. The van der Waals surface area contributed by atoms with Crippen molar-refractivity contribution in [2.24, 2.45) is 0 Å². The molecule has 4 nitrogen and oxygen atoms in total. The average molecular weight is 288 g/mol. The highest BCUT2D eigenvalue weighted by Crippen LogP contribution is 2.19. The molecule has 1 atom stereocenters. The predicted octanol–water partition coefficient (Wildman–Crippen LogP) is 1.96. The third kappa shape index (κ3) is 3.02. The largest absolute Gasteiger partial charge is 0.467 e. The molecule has 0 saturated heterocycles. The molecular weight excluding hydrogens is 274 g/mol. The van der Waals surface area contributed by atoms with Gasteiger partial charge in [-0.05, 0) is 34.5 Å². The zero-order valence-corrected chi connectivity index (χ0v) is 11.1. The Morgan fingerprint density at radius 2 is 2.19 bits per heavy atom. The second-order valence-electron chi connectivity index (χ2n) is 3.59. The Balaban J connectivity index is 2.84. The summed E-state index contributed by atoms with van der Waals surface area (Å²) in [4.78, 5) is 15.7. The predicted molar refractivity (Wildman–Crippen MR) is 63.1 cm³/mol. The maximum absolute atomic E-state index is 11.6. The lowest BCUT2D eigenvalue weighted by Crippen LogP contribution is -2.40. The monoisotopic (exact) mass is 287 g/mol. The summed E-state index contributed by atoms with van der Waals surface area (Å²) < 4.78 is 10.7. The minimum absolute atomic E-state index is 0.391. The Labute approximate surface area is 103 Å². The second kappa shape index (κ2) is 5.41. The van der Waals surface area contributed by atoms with Crippen molar-refractivity contribution in [2.45, 2.75) is 18.9 Å². The number of hydrogen-bond donors (Lipinski definition) is 0. The lowest BCUT2D eigenvalue weighted by atomic mass is 9.97. The Morgan fingerprint density at radius 3 is 2.62 bits per heavy atom. The van der Waals surface area contributed by atoms with Crippen LogP contribution in [0.1, 0.15) is 12.5 Å². The van der Waals surface area contributed by atoms with Gasteiger partial charge in [0.25, 0.3) is 0 Å². The Kier molecular flexibility index (Phi) is 4.44. The van der Waals surface area contributed by atoms with Crippen LogP contribution in [0.25, 0.3) is 0 Å². The van der Waals surface area contributed by atoms with Crippen molar-refractivity contribution in [3.63, 3.8) is 0 Å². The molecule has 0 N–H and O–H groups in total. The van der Waals surface area contributed by atoms with Crippen LogP contribution in [-0.2, 0) is 20.7 Å². The van der Waals surface area contributed by atoms with Gasteiger partial charge in [0.2, 0.25) is 0 Å². The van der Waals surface area contributed by atoms with Gasteiger partial charge < -0.3 is 9.47 Å². The first kappa shape index (κ1) is 13.1. The fourth-order valence-corrected chi connectivity index (χ4v) is 1.58. The minimum atomic E-state index is -0.968. The van der Waals surface area contributed by atoms with E-state index in [1.807, 2.05) is 12.1 Å². The summed E-state index contributed by atoms with van der Waals surface area (Å²) in [5.41, 5.74) is -0.0532. The molecule has 16 heavy (non-hydrogen) atoms. The van der Waals surface area contributed by atoms with Gasteiger partial charge in [-0.2, -0.15) is 0 Å². The summed E-state index contributed by atoms with van der Waals surface area (Å²) in [6, 6.07) is 3.71. The highest BCUT2D eigenvalue weighted by Gasteiger charge is 2.34. The van der Waals surface area contributed by atoms with Crippen LogP contribution in [0.4, 0.5) is 0 Å². The number of methoxy groups -OCH3 is 2. The van der Waals surface area contributed by atoms with Crippen LogP contribution >= 0.6 is 15.9 Å². The number of carbonyl (C=O) groups is 1. The van der Waals surface area contributed by atoms with Gasteiger partial charge in [-0.1, -0.05) is 6.07 Å². The molecule has 88 valence electrons. The quantitative estimate of drug-likeness (QED) is 0.628. The maximum Gasteiger partial charge on any atom is 0.338 e. The summed E-state index contributed by atoms with van der Waals surface area (Å²) in [7, 11) is 2.84. The molecule has 0 bridgehead atoms. The molecule has 1 heterocycles. The number of halogens is 1. The van der Waals surface area contributed by atoms with Crippen molar-refractivity contribution in [1.29, 1.82) is 0 Å². The minimum Gasteiger partial charge on any atom is -0.467 e. The zero-order chi connectivity index (χ0) is 12.2. The lowest BCUT2D eigenvalue weighted by molar-refractivity contribution is -0.163. The molecule has 0 spiro atoms. The fourth-order valence-electron chi connectivity index (χ4n) is 1.34. The number of ether oxygens (including phenoxy) is 2. The van der Waals surface area contributed by atoms with Crippen LogP contribution in [0.2, 0.25) is 0 Å². The summed E-state index contributed by atoms with van der Waals surface area (Å²) in [5.74, 6) is -0.391. The van der Waals surface area contributed by atoms with Crippen LogP contribution in [0.5, 0.6) is 0 Å². The molecule has 0 aliphatic carbocycles. The molecule has 1 rings (SSSR count). The third-order valence-electron chi connectivity index (χ3n) is 2.40. The van der Waals surface area contributed by atoms with E-state index in [1.54, 1.807) is 13.1 Å². The SMILES string of the molecule is COC(=O)C(C)(Cc1ccc(Br)nc1)OC. The zero-order valence-electron chi connectivity index (χ0n) is 9.49. The van der Waals surface area contributed by atoms with Crippen LogP contribution in [0.15, 0.2) is 22.9 Å². The van der Waals surface area contributed by atoms with E-state index in [0.717, 1.165) is 10.2 Å². The van der Waals surface area contributed by atoms with E-state index in [9.17, 15) is 4.79 Å². The summed E-state index contributed by atoms with van der Waals surface area (Å²) >= 11 is 3.25. The molecule has 1 aromatic rings. The highest BCUT2D eigenvalue weighted by atomic mass is 79.9. The molecule has 0 saturated carbocycles. The second-order valence-corrected chi connectivity index (χ2v) is 4.40. The summed E-state index contributed by atoms with van der Waals surface area (Å²) in [6.07, 6.45) is 2.13. The number of hydrogen-bond acceptors (Lipinski definition) is 4. The van der Waals surface area contributed by atoms with Gasteiger partial charge in [0, 0.05) is 19.7 Å². The molecule has 0 radical (unpaired) electrons. The van der Waals surface area contributed by atoms with E-state index in [4.69, 9.17) is 9.47 Å². The van der Waals surface area contributed by atoms with Crippen molar-refractivity contribution in [3.8, 4) is 0 Å². The first-order valence-corrected chi connectivity index (χ1v) is 5.55. The lowest BCUT2D eigenvalue weighted by Gasteiger charge is -2.24. The number of pyridine rings is 1. The van der Waals surface area contributed by atoms with Crippen LogP contribution in [-0.4, -0.2) is 30.8 Å². The van der Waals surface area contributed by atoms with Gasteiger partial charge in [-0.3, -0.25) is 0 Å². The number of carbonyl (C=O) groups excluding carboxylic acids is 1.